The molecular weight excluding hydrogens is 355 g/mol. The number of halogens is 4. The molecule has 1 aromatic rings. The second-order valence-electron chi connectivity index (χ2n) is 6.55. The number of anilines is 1. The highest BCUT2D eigenvalue weighted by atomic mass is 35.5. The maximum atomic E-state index is 13.1. The van der Waals surface area contributed by atoms with Gasteiger partial charge in [-0.25, -0.2) is 0 Å². The van der Waals surface area contributed by atoms with Crippen LogP contribution < -0.4 is 4.90 Å². The summed E-state index contributed by atoms with van der Waals surface area (Å²) in [5, 5.41) is -0.452. The van der Waals surface area contributed by atoms with Crippen molar-refractivity contribution in [3.8, 4) is 0 Å². The van der Waals surface area contributed by atoms with Crippen LogP contribution in [0.15, 0.2) is 18.2 Å². The molecule has 3 rings (SSSR count). The Morgan fingerprint density at radius 2 is 1.68 bits per heavy atom. The molecule has 2 aliphatic rings. The number of rotatable bonds is 3. The number of amides is 1. The molecule has 2 aliphatic heterocycles. The van der Waals surface area contributed by atoms with Crippen LogP contribution in [0.25, 0.3) is 0 Å². The summed E-state index contributed by atoms with van der Waals surface area (Å²) in [5.74, 6) is 0. The van der Waals surface area contributed by atoms with Gasteiger partial charge in [-0.05, 0) is 42.1 Å². The summed E-state index contributed by atoms with van der Waals surface area (Å²) in [6.45, 7) is 4.59. The molecule has 8 heteroatoms. The average Bonchev–Trinajstić information content (AvgIpc) is 3.09. The molecule has 0 N–H and O–H groups in total. The van der Waals surface area contributed by atoms with Crippen molar-refractivity contribution in [2.45, 2.75) is 25.6 Å². The number of alkyl halides is 3. The topological polar surface area (TPSA) is 26.8 Å². The third-order valence-corrected chi connectivity index (χ3v) is 5.11. The zero-order chi connectivity index (χ0) is 18.0. The highest BCUT2D eigenvalue weighted by molar-refractivity contribution is 6.62. The van der Waals surface area contributed by atoms with Gasteiger partial charge in [-0.3, -0.25) is 9.69 Å². The van der Waals surface area contributed by atoms with E-state index in [1.165, 1.54) is 6.07 Å². The Kier molecular flexibility index (Phi) is 5.43. The van der Waals surface area contributed by atoms with Crippen LogP contribution in [0.2, 0.25) is 0 Å². The summed E-state index contributed by atoms with van der Waals surface area (Å²) < 4.78 is 39.3. The van der Waals surface area contributed by atoms with Gasteiger partial charge < -0.3 is 9.80 Å². The molecule has 0 saturated carbocycles. The number of carbonyl (C=O) groups is 1. The van der Waals surface area contributed by atoms with Gasteiger partial charge >= 0.3 is 11.5 Å². The van der Waals surface area contributed by atoms with Crippen molar-refractivity contribution >= 4 is 22.7 Å². The molecule has 0 bridgehead atoms. The minimum absolute atomic E-state index is 0.452. The number of hydrogen-bond donors (Lipinski definition) is 0. The van der Waals surface area contributed by atoms with Crippen LogP contribution in [0.3, 0.4) is 0 Å². The molecule has 2 heterocycles. The molecule has 0 aromatic heterocycles. The van der Waals surface area contributed by atoms with Gasteiger partial charge in [0.1, 0.15) is 0 Å². The van der Waals surface area contributed by atoms with Crippen LogP contribution >= 0.6 is 11.6 Å². The monoisotopic (exact) mass is 375 g/mol. The summed E-state index contributed by atoms with van der Waals surface area (Å²) in [6, 6.07) is 4.03. The van der Waals surface area contributed by atoms with Crippen LogP contribution in [0.1, 0.15) is 24.0 Å². The van der Waals surface area contributed by atoms with E-state index in [2.05, 4.69) is 4.90 Å². The third kappa shape index (κ3) is 4.39. The smallest absolute Gasteiger partial charge is 0.371 e. The van der Waals surface area contributed by atoms with Crippen LogP contribution in [-0.4, -0.2) is 54.4 Å². The van der Waals surface area contributed by atoms with Gasteiger partial charge in [0.25, 0.3) is 0 Å². The molecule has 138 valence electrons. The van der Waals surface area contributed by atoms with Gasteiger partial charge in [0.2, 0.25) is 0 Å². The SMILES string of the molecule is O=C(Cl)N1CCN(Cc2ccc(C(F)(F)F)cc2N2CCCC2)CC1. The Balaban J connectivity index is 1.77. The van der Waals surface area contributed by atoms with Crippen molar-refractivity contribution < 1.29 is 18.0 Å². The zero-order valence-corrected chi connectivity index (χ0v) is 14.6. The lowest BCUT2D eigenvalue weighted by Gasteiger charge is -2.34. The predicted octanol–water partition coefficient (Wildman–Crippen LogP) is 3.78. The molecule has 4 nitrogen and oxygen atoms in total. The first-order valence-electron chi connectivity index (χ1n) is 8.46. The zero-order valence-electron chi connectivity index (χ0n) is 13.9. The Morgan fingerprint density at radius 1 is 1.04 bits per heavy atom. The summed E-state index contributed by atoms with van der Waals surface area (Å²) in [7, 11) is 0. The molecule has 25 heavy (non-hydrogen) atoms. The fraction of sp³-hybridized carbons (Fsp3) is 0.588. The normalized spacial score (nSPS) is 19.5. The minimum Gasteiger partial charge on any atom is -0.371 e. The number of carbonyl (C=O) groups excluding carboxylic acids is 1. The predicted molar refractivity (Wildman–Crippen MR) is 91.0 cm³/mol. The van der Waals surface area contributed by atoms with E-state index >= 15 is 0 Å². The van der Waals surface area contributed by atoms with Crippen molar-refractivity contribution in [1.82, 2.24) is 9.80 Å². The molecule has 2 saturated heterocycles. The van der Waals surface area contributed by atoms with Crippen molar-refractivity contribution in [1.29, 1.82) is 0 Å². The molecule has 0 unspecified atom stereocenters. The van der Waals surface area contributed by atoms with E-state index in [1.54, 1.807) is 11.0 Å². The third-order valence-electron chi connectivity index (χ3n) is 4.87. The van der Waals surface area contributed by atoms with Crippen LogP contribution in [0, 0.1) is 0 Å². The van der Waals surface area contributed by atoms with E-state index in [0.29, 0.717) is 38.4 Å². The quantitative estimate of drug-likeness (QED) is 0.594. The van der Waals surface area contributed by atoms with Gasteiger partial charge in [0.05, 0.1) is 5.56 Å². The van der Waals surface area contributed by atoms with Crippen molar-refractivity contribution in [2.75, 3.05) is 44.2 Å². The van der Waals surface area contributed by atoms with Gasteiger partial charge in [-0.1, -0.05) is 6.07 Å². The number of hydrogen-bond acceptors (Lipinski definition) is 3. The van der Waals surface area contributed by atoms with Crippen molar-refractivity contribution in [3.63, 3.8) is 0 Å². The molecular formula is C17H21ClF3N3O. The van der Waals surface area contributed by atoms with Gasteiger partial charge in [0.15, 0.2) is 0 Å². The van der Waals surface area contributed by atoms with Crippen LogP contribution in [0.4, 0.5) is 23.7 Å². The second-order valence-corrected chi connectivity index (χ2v) is 6.87. The Bertz CT molecular complexity index is 624. The largest absolute Gasteiger partial charge is 0.416 e. The van der Waals surface area contributed by atoms with E-state index in [4.69, 9.17) is 11.6 Å². The standard InChI is InChI=1S/C17H21ClF3N3O/c18-16(25)24-9-7-22(8-10-24)12-13-3-4-14(17(19,20)21)11-15(13)23-5-1-2-6-23/h3-4,11H,1-2,5-10,12H2. The van der Waals surface area contributed by atoms with E-state index in [0.717, 1.165) is 37.6 Å². The molecule has 0 atom stereocenters. The minimum atomic E-state index is -4.33. The molecule has 0 radical (unpaired) electrons. The first kappa shape index (κ1) is 18.3. The van der Waals surface area contributed by atoms with E-state index in [9.17, 15) is 18.0 Å². The molecule has 2 fully saturated rings. The summed E-state index contributed by atoms with van der Waals surface area (Å²) in [6.07, 6.45) is -2.32. The lowest BCUT2D eigenvalue weighted by molar-refractivity contribution is -0.137. The first-order chi connectivity index (χ1) is 11.8. The lowest BCUT2D eigenvalue weighted by atomic mass is 10.1. The maximum absolute atomic E-state index is 13.1. The number of piperazine rings is 1. The van der Waals surface area contributed by atoms with Crippen LogP contribution in [-0.2, 0) is 12.7 Å². The number of nitrogens with zero attached hydrogens (tertiary/aromatic N) is 3. The molecule has 0 aliphatic carbocycles. The van der Waals surface area contributed by atoms with E-state index < -0.39 is 17.1 Å². The maximum Gasteiger partial charge on any atom is 0.416 e. The number of benzene rings is 1. The van der Waals surface area contributed by atoms with Crippen molar-refractivity contribution in [2.24, 2.45) is 0 Å². The first-order valence-corrected chi connectivity index (χ1v) is 8.84. The summed E-state index contributed by atoms with van der Waals surface area (Å²) >= 11 is 5.49. The Morgan fingerprint density at radius 3 is 2.24 bits per heavy atom. The second kappa shape index (κ2) is 7.41. The highest BCUT2D eigenvalue weighted by Gasteiger charge is 2.32. The molecule has 1 amide bonds. The fourth-order valence-corrected chi connectivity index (χ4v) is 3.62. The van der Waals surface area contributed by atoms with E-state index in [-0.39, 0.29) is 0 Å². The van der Waals surface area contributed by atoms with E-state index in [1.807, 2.05) is 4.90 Å². The highest BCUT2D eigenvalue weighted by Crippen LogP contribution is 2.35. The Hall–Kier alpha value is -1.47. The van der Waals surface area contributed by atoms with Gasteiger partial charge in [-0.2, -0.15) is 13.2 Å². The average molecular weight is 376 g/mol. The Labute approximate surface area is 150 Å². The lowest BCUT2D eigenvalue weighted by Crippen LogP contribution is -2.46. The van der Waals surface area contributed by atoms with Gasteiger partial charge in [-0.15, -0.1) is 0 Å². The molecule has 0 spiro atoms. The molecule has 1 aromatic carbocycles. The van der Waals surface area contributed by atoms with Crippen molar-refractivity contribution in [3.05, 3.63) is 29.3 Å². The van der Waals surface area contributed by atoms with Gasteiger partial charge in [0, 0.05) is 51.5 Å². The summed E-state index contributed by atoms with van der Waals surface area (Å²) in [5.41, 5.74) is 0.986. The fourth-order valence-electron chi connectivity index (χ4n) is 3.45. The van der Waals surface area contributed by atoms with Crippen LogP contribution in [0.5, 0.6) is 0 Å². The summed E-state index contributed by atoms with van der Waals surface area (Å²) in [4.78, 5) is 17.0.